The van der Waals surface area contributed by atoms with Crippen molar-refractivity contribution in [3.8, 4) is 0 Å². The normalized spacial score (nSPS) is 12.2. The van der Waals surface area contributed by atoms with Gasteiger partial charge in [-0.3, -0.25) is 10.1 Å². The highest BCUT2D eigenvalue weighted by atomic mass is 32.2. The van der Waals surface area contributed by atoms with E-state index in [1.54, 1.807) is 27.0 Å². The molecule has 0 aliphatic carbocycles. The maximum Gasteiger partial charge on any atom is 0.240 e. The molecule has 0 bridgehead atoms. The molecule has 0 unspecified atom stereocenters. The molecule has 2 heterocycles. The Morgan fingerprint density at radius 3 is 2.89 bits per heavy atom. The second-order valence-corrected chi connectivity index (χ2v) is 6.27. The Labute approximate surface area is 118 Å². The highest BCUT2D eigenvalue weighted by molar-refractivity contribution is 8.02. The molecule has 2 aromatic heterocycles. The molecule has 0 radical (unpaired) electrons. The molecule has 0 saturated heterocycles. The number of rotatable bonds is 5. The van der Waals surface area contributed by atoms with Crippen LogP contribution in [0.15, 0.2) is 14.9 Å². The Morgan fingerprint density at radius 2 is 2.32 bits per heavy atom. The van der Waals surface area contributed by atoms with Crippen LogP contribution in [0.2, 0.25) is 0 Å². The average molecular weight is 299 g/mol. The van der Waals surface area contributed by atoms with Crippen molar-refractivity contribution in [3.63, 3.8) is 0 Å². The second kappa shape index (κ2) is 6.02. The number of hydrogen-bond acceptors (Lipinski definition) is 8. The zero-order valence-corrected chi connectivity index (χ0v) is 12.3. The first-order chi connectivity index (χ1) is 9.08. The van der Waals surface area contributed by atoms with E-state index in [1.165, 1.54) is 23.1 Å². The Morgan fingerprint density at radius 1 is 1.53 bits per heavy atom. The van der Waals surface area contributed by atoms with E-state index in [1.807, 2.05) is 0 Å². The monoisotopic (exact) mass is 299 g/mol. The standard InChI is InChI=1S/C10H13N5O2S2/c1-5-4-7(17-15-5)12-8(16)6(2)18-10-14-13-9(11-3)19-10/h4,6H,1-3H3,(H,11,13)(H,12,16)/t6-/m0/s1. The van der Waals surface area contributed by atoms with E-state index in [0.717, 1.165) is 15.2 Å². The van der Waals surface area contributed by atoms with Crippen molar-refractivity contribution in [1.29, 1.82) is 0 Å². The SMILES string of the molecule is CNc1nnc(S[C@@H](C)C(=O)Nc2cc(C)no2)s1. The molecular formula is C10H13N5O2S2. The summed E-state index contributed by atoms with van der Waals surface area (Å²) >= 11 is 2.75. The number of hydrogen-bond donors (Lipinski definition) is 2. The third-order valence-electron chi connectivity index (χ3n) is 2.14. The van der Waals surface area contributed by atoms with Crippen molar-refractivity contribution in [1.82, 2.24) is 15.4 Å². The van der Waals surface area contributed by atoms with Gasteiger partial charge in [0.05, 0.1) is 10.9 Å². The molecule has 0 saturated carbocycles. The highest BCUT2D eigenvalue weighted by Crippen LogP contribution is 2.29. The molecule has 0 aliphatic rings. The van der Waals surface area contributed by atoms with Crippen LogP contribution in [0.5, 0.6) is 0 Å². The van der Waals surface area contributed by atoms with Gasteiger partial charge in [0.1, 0.15) is 0 Å². The van der Waals surface area contributed by atoms with Crippen molar-refractivity contribution in [2.24, 2.45) is 0 Å². The summed E-state index contributed by atoms with van der Waals surface area (Å²) in [6.07, 6.45) is 0. The summed E-state index contributed by atoms with van der Waals surface area (Å²) in [6, 6.07) is 1.67. The number of nitrogens with zero attached hydrogens (tertiary/aromatic N) is 3. The summed E-state index contributed by atoms with van der Waals surface area (Å²) in [4.78, 5) is 11.9. The smallest absolute Gasteiger partial charge is 0.240 e. The third-order valence-corrected chi connectivity index (χ3v) is 4.27. The van der Waals surface area contributed by atoms with Gasteiger partial charge in [-0.15, -0.1) is 10.2 Å². The fourth-order valence-electron chi connectivity index (χ4n) is 1.21. The quantitative estimate of drug-likeness (QED) is 0.815. The van der Waals surface area contributed by atoms with Gasteiger partial charge in [0, 0.05) is 13.1 Å². The molecule has 102 valence electrons. The van der Waals surface area contributed by atoms with Crippen LogP contribution in [0.3, 0.4) is 0 Å². The lowest BCUT2D eigenvalue weighted by molar-refractivity contribution is -0.115. The molecule has 1 atom stereocenters. The lowest BCUT2D eigenvalue weighted by Gasteiger charge is -2.07. The van der Waals surface area contributed by atoms with Gasteiger partial charge in [0.25, 0.3) is 0 Å². The Kier molecular flexibility index (Phi) is 4.38. The molecule has 19 heavy (non-hydrogen) atoms. The van der Waals surface area contributed by atoms with Gasteiger partial charge in [-0.1, -0.05) is 28.3 Å². The maximum absolute atomic E-state index is 11.9. The molecule has 0 aromatic carbocycles. The first-order valence-electron chi connectivity index (χ1n) is 5.50. The summed E-state index contributed by atoms with van der Waals surface area (Å²) < 4.78 is 5.67. The van der Waals surface area contributed by atoms with Crippen LogP contribution in [0, 0.1) is 6.92 Å². The van der Waals surface area contributed by atoms with E-state index >= 15 is 0 Å². The number of anilines is 2. The van der Waals surface area contributed by atoms with Crippen molar-refractivity contribution < 1.29 is 9.32 Å². The molecule has 1 amide bonds. The maximum atomic E-state index is 11.9. The second-order valence-electron chi connectivity index (χ2n) is 3.70. The van der Waals surface area contributed by atoms with Gasteiger partial charge in [-0.05, 0) is 13.8 Å². The van der Waals surface area contributed by atoms with Crippen LogP contribution in [-0.2, 0) is 4.79 Å². The minimum Gasteiger partial charge on any atom is -0.363 e. The first kappa shape index (κ1) is 13.8. The predicted octanol–water partition coefficient (Wildman–Crippen LogP) is 2.00. The zero-order chi connectivity index (χ0) is 13.8. The zero-order valence-electron chi connectivity index (χ0n) is 10.6. The summed E-state index contributed by atoms with van der Waals surface area (Å²) in [5, 5.41) is 17.6. The van der Waals surface area contributed by atoms with Gasteiger partial charge in [-0.25, -0.2) is 0 Å². The number of thioether (sulfide) groups is 1. The van der Waals surface area contributed by atoms with E-state index in [0.29, 0.717) is 5.88 Å². The van der Waals surface area contributed by atoms with Crippen LogP contribution in [-0.4, -0.2) is 33.6 Å². The fraction of sp³-hybridized carbons (Fsp3) is 0.400. The molecule has 2 aromatic rings. The summed E-state index contributed by atoms with van der Waals surface area (Å²) in [5.41, 5.74) is 0.721. The Bertz CT molecular complexity index is 568. The molecular weight excluding hydrogens is 286 g/mol. The molecule has 0 spiro atoms. The molecule has 0 fully saturated rings. The number of amides is 1. The van der Waals surface area contributed by atoms with Gasteiger partial charge >= 0.3 is 0 Å². The van der Waals surface area contributed by atoms with Gasteiger partial charge in [-0.2, -0.15) is 0 Å². The van der Waals surface area contributed by atoms with Crippen LogP contribution in [0.4, 0.5) is 11.0 Å². The van der Waals surface area contributed by atoms with Crippen LogP contribution >= 0.6 is 23.1 Å². The Hall–Kier alpha value is -1.61. The third kappa shape index (κ3) is 3.67. The lowest BCUT2D eigenvalue weighted by Crippen LogP contribution is -2.22. The minimum absolute atomic E-state index is 0.164. The number of nitrogens with one attached hydrogen (secondary N) is 2. The number of carbonyl (C=O) groups is 1. The number of aromatic nitrogens is 3. The molecule has 2 N–H and O–H groups in total. The van der Waals surface area contributed by atoms with E-state index in [2.05, 4.69) is 26.0 Å². The summed E-state index contributed by atoms with van der Waals surface area (Å²) in [5.74, 6) is 0.186. The van der Waals surface area contributed by atoms with Crippen molar-refractivity contribution in [3.05, 3.63) is 11.8 Å². The van der Waals surface area contributed by atoms with Crippen LogP contribution in [0.25, 0.3) is 0 Å². The molecule has 2 rings (SSSR count). The van der Waals surface area contributed by atoms with E-state index < -0.39 is 0 Å². The van der Waals surface area contributed by atoms with E-state index in [-0.39, 0.29) is 11.2 Å². The number of aryl methyl sites for hydroxylation is 1. The van der Waals surface area contributed by atoms with Crippen molar-refractivity contribution in [2.45, 2.75) is 23.4 Å². The highest BCUT2D eigenvalue weighted by Gasteiger charge is 2.18. The van der Waals surface area contributed by atoms with Gasteiger partial charge < -0.3 is 9.84 Å². The van der Waals surface area contributed by atoms with Crippen LogP contribution < -0.4 is 10.6 Å². The van der Waals surface area contributed by atoms with Crippen LogP contribution in [0.1, 0.15) is 12.6 Å². The number of carbonyl (C=O) groups excluding carboxylic acids is 1. The molecule has 7 nitrogen and oxygen atoms in total. The summed E-state index contributed by atoms with van der Waals surface area (Å²) in [6.45, 7) is 3.58. The topological polar surface area (TPSA) is 92.9 Å². The minimum atomic E-state index is -0.303. The van der Waals surface area contributed by atoms with Gasteiger partial charge in [0.2, 0.25) is 16.9 Å². The molecule has 9 heteroatoms. The first-order valence-corrected chi connectivity index (χ1v) is 7.20. The van der Waals surface area contributed by atoms with E-state index in [9.17, 15) is 4.79 Å². The van der Waals surface area contributed by atoms with Crippen molar-refractivity contribution in [2.75, 3.05) is 17.7 Å². The largest absolute Gasteiger partial charge is 0.363 e. The Balaban J connectivity index is 1.91. The predicted molar refractivity (Wildman–Crippen MR) is 74.6 cm³/mol. The average Bonchev–Trinajstić information content (AvgIpc) is 2.98. The summed E-state index contributed by atoms with van der Waals surface area (Å²) in [7, 11) is 1.78. The lowest BCUT2D eigenvalue weighted by atomic mass is 10.4. The van der Waals surface area contributed by atoms with Gasteiger partial charge in [0.15, 0.2) is 4.34 Å². The van der Waals surface area contributed by atoms with E-state index in [4.69, 9.17) is 4.52 Å². The molecule has 0 aliphatic heterocycles. The van der Waals surface area contributed by atoms with Crippen molar-refractivity contribution >= 4 is 40.0 Å². The fourth-order valence-corrected chi connectivity index (χ4v) is 3.06.